The Morgan fingerprint density at radius 3 is 2.83 bits per heavy atom. The Kier molecular flexibility index (Phi) is 4.97. The third kappa shape index (κ3) is 3.20. The standard InChI is InChI=1S/C17H26N6O/c1-4-14(5-2)23-16(11-13(3)19-23)17(24)22-9-6-7-15(22)12-21-10-8-18-20-21/h8,10-11,14-15H,4-7,9,12H2,1-3H3/t15-/m0/s1. The summed E-state index contributed by atoms with van der Waals surface area (Å²) in [6.07, 6.45) is 7.50. The normalized spacial score (nSPS) is 17.8. The predicted octanol–water partition coefficient (Wildman–Crippen LogP) is 2.45. The van der Waals surface area contributed by atoms with Crippen LogP contribution in [0, 0.1) is 6.92 Å². The van der Waals surface area contributed by atoms with Gasteiger partial charge in [-0.2, -0.15) is 5.10 Å². The summed E-state index contributed by atoms with van der Waals surface area (Å²) >= 11 is 0. The molecule has 7 heteroatoms. The molecular formula is C17H26N6O. The van der Waals surface area contributed by atoms with E-state index in [2.05, 4.69) is 29.3 Å². The van der Waals surface area contributed by atoms with E-state index in [4.69, 9.17) is 0 Å². The molecule has 2 aromatic rings. The van der Waals surface area contributed by atoms with Crippen LogP contribution in [0.15, 0.2) is 18.5 Å². The Morgan fingerprint density at radius 1 is 1.38 bits per heavy atom. The third-order valence-electron chi connectivity index (χ3n) is 4.87. The van der Waals surface area contributed by atoms with Crippen molar-refractivity contribution in [1.82, 2.24) is 29.7 Å². The van der Waals surface area contributed by atoms with E-state index < -0.39 is 0 Å². The van der Waals surface area contributed by atoms with Gasteiger partial charge >= 0.3 is 0 Å². The summed E-state index contributed by atoms with van der Waals surface area (Å²) in [5.41, 5.74) is 1.61. The minimum Gasteiger partial charge on any atom is -0.332 e. The number of amides is 1. The molecule has 130 valence electrons. The molecule has 0 N–H and O–H groups in total. The maximum absolute atomic E-state index is 13.2. The lowest BCUT2D eigenvalue weighted by Gasteiger charge is -2.26. The monoisotopic (exact) mass is 330 g/mol. The lowest BCUT2D eigenvalue weighted by atomic mass is 10.1. The van der Waals surface area contributed by atoms with Crippen molar-refractivity contribution in [2.75, 3.05) is 6.54 Å². The smallest absolute Gasteiger partial charge is 0.272 e. The number of hydrogen-bond acceptors (Lipinski definition) is 4. The van der Waals surface area contributed by atoms with Crippen LogP contribution < -0.4 is 0 Å². The molecule has 0 saturated carbocycles. The molecule has 0 bridgehead atoms. The van der Waals surface area contributed by atoms with E-state index in [1.807, 2.05) is 28.8 Å². The molecule has 24 heavy (non-hydrogen) atoms. The summed E-state index contributed by atoms with van der Waals surface area (Å²) in [5.74, 6) is 0.0881. The summed E-state index contributed by atoms with van der Waals surface area (Å²) in [6, 6.07) is 2.37. The van der Waals surface area contributed by atoms with Crippen molar-refractivity contribution in [3.8, 4) is 0 Å². The summed E-state index contributed by atoms with van der Waals surface area (Å²) in [5, 5.41) is 12.5. The molecule has 3 heterocycles. The van der Waals surface area contributed by atoms with E-state index in [0.29, 0.717) is 12.2 Å². The van der Waals surface area contributed by atoms with E-state index in [0.717, 1.165) is 37.9 Å². The summed E-state index contributed by atoms with van der Waals surface area (Å²) in [4.78, 5) is 15.2. The maximum Gasteiger partial charge on any atom is 0.272 e. The molecule has 0 aliphatic carbocycles. The number of carbonyl (C=O) groups is 1. The van der Waals surface area contributed by atoms with Gasteiger partial charge in [0, 0.05) is 12.7 Å². The van der Waals surface area contributed by atoms with Gasteiger partial charge in [-0.15, -0.1) is 5.10 Å². The Hall–Kier alpha value is -2.18. The van der Waals surface area contributed by atoms with Gasteiger partial charge in [0.1, 0.15) is 5.69 Å². The zero-order chi connectivity index (χ0) is 17.1. The van der Waals surface area contributed by atoms with Crippen molar-refractivity contribution in [2.24, 2.45) is 0 Å². The van der Waals surface area contributed by atoms with Crippen LogP contribution in [0.4, 0.5) is 0 Å². The highest BCUT2D eigenvalue weighted by Gasteiger charge is 2.32. The molecule has 0 radical (unpaired) electrons. The third-order valence-corrected chi connectivity index (χ3v) is 4.87. The highest BCUT2D eigenvalue weighted by Crippen LogP contribution is 2.24. The number of carbonyl (C=O) groups excluding carboxylic acids is 1. The van der Waals surface area contributed by atoms with Gasteiger partial charge in [-0.3, -0.25) is 14.2 Å². The van der Waals surface area contributed by atoms with Gasteiger partial charge in [0.15, 0.2) is 0 Å². The van der Waals surface area contributed by atoms with Crippen LogP contribution >= 0.6 is 0 Å². The Bertz CT molecular complexity index is 673. The zero-order valence-corrected chi connectivity index (χ0v) is 14.7. The Balaban J connectivity index is 1.83. The van der Waals surface area contributed by atoms with Crippen molar-refractivity contribution in [3.63, 3.8) is 0 Å². The molecule has 7 nitrogen and oxygen atoms in total. The van der Waals surface area contributed by atoms with Crippen LogP contribution in [0.3, 0.4) is 0 Å². The largest absolute Gasteiger partial charge is 0.332 e. The molecule has 1 aliphatic rings. The van der Waals surface area contributed by atoms with Crippen molar-refractivity contribution >= 4 is 5.91 Å². The highest BCUT2D eigenvalue weighted by atomic mass is 16.2. The van der Waals surface area contributed by atoms with Gasteiger partial charge in [0.2, 0.25) is 0 Å². The quantitative estimate of drug-likeness (QED) is 0.816. The van der Waals surface area contributed by atoms with Crippen molar-refractivity contribution in [2.45, 2.75) is 65.1 Å². The molecule has 1 fully saturated rings. The van der Waals surface area contributed by atoms with Gasteiger partial charge < -0.3 is 4.90 Å². The summed E-state index contributed by atoms with van der Waals surface area (Å²) < 4.78 is 3.74. The molecule has 0 spiro atoms. The molecule has 1 saturated heterocycles. The van der Waals surface area contributed by atoms with E-state index in [-0.39, 0.29) is 18.0 Å². The SMILES string of the molecule is CCC(CC)n1nc(C)cc1C(=O)N1CCC[C@H]1Cn1ccnn1. The minimum atomic E-state index is 0.0881. The first-order valence-electron chi connectivity index (χ1n) is 8.85. The average molecular weight is 330 g/mol. The van der Waals surface area contributed by atoms with E-state index >= 15 is 0 Å². The van der Waals surface area contributed by atoms with Crippen LogP contribution in [0.5, 0.6) is 0 Å². The van der Waals surface area contributed by atoms with Crippen LogP contribution in [-0.4, -0.2) is 48.2 Å². The first-order valence-corrected chi connectivity index (χ1v) is 8.85. The average Bonchev–Trinajstić information content (AvgIpc) is 3.30. The molecule has 0 unspecified atom stereocenters. The highest BCUT2D eigenvalue weighted by molar-refractivity contribution is 5.93. The lowest BCUT2D eigenvalue weighted by Crippen LogP contribution is -2.39. The maximum atomic E-state index is 13.2. The number of hydrogen-bond donors (Lipinski definition) is 0. The zero-order valence-electron chi connectivity index (χ0n) is 14.7. The molecule has 2 aromatic heterocycles. The second kappa shape index (κ2) is 7.15. The van der Waals surface area contributed by atoms with Crippen LogP contribution in [0.25, 0.3) is 0 Å². The van der Waals surface area contributed by atoms with Crippen molar-refractivity contribution in [3.05, 3.63) is 29.8 Å². The molecular weight excluding hydrogens is 304 g/mol. The fourth-order valence-electron chi connectivity index (χ4n) is 3.58. The number of aromatic nitrogens is 5. The van der Waals surface area contributed by atoms with Gasteiger partial charge in [-0.25, -0.2) is 0 Å². The lowest BCUT2D eigenvalue weighted by molar-refractivity contribution is 0.0705. The summed E-state index contributed by atoms with van der Waals surface area (Å²) in [6.45, 7) is 7.73. The predicted molar refractivity (Wildman–Crippen MR) is 90.7 cm³/mol. The number of likely N-dealkylation sites (tertiary alicyclic amines) is 1. The number of rotatable bonds is 6. The second-order valence-corrected chi connectivity index (χ2v) is 6.51. The Labute approximate surface area is 142 Å². The first kappa shape index (κ1) is 16.7. The van der Waals surface area contributed by atoms with Crippen molar-refractivity contribution < 1.29 is 4.79 Å². The van der Waals surface area contributed by atoms with Gasteiger partial charge in [0.25, 0.3) is 5.91 Å². The van der Waals surface area contributed by atoms with E-state index in [9.17, 15) is 4.79 Å². The van der Waals surface area contributed by atoms with Gasteiger partial charge in [-0.05, 0) is 38.7 Å². The van der Waals surface area contributed by atoms with Gasteiger partial charge in [0.05, 0.1) is 30.5 Å². The Morgan fingerprint density at radius 2 is 2.17 bits per heavy atom. The van der Waals surface area contributed by atoms with E-state index in [1.165, 1.54) is 0 Å². The fourth-order valence-corrected chi connectivity index (χ4v) is 3.58. The first-order chi connectivity index (χ1) is 11.6. The molecule has 3 rings (SSSR count). The molecule has 1 amide bonds. The van der Waals surface area contributed by atoms with Gasteiger partial charge in [-0.1, -0.05) is 19.1 Å². The number of aryl methyl sites for hydroxylation is 1. The van der Waals surface area contributed by atoms with Crippen LogP contribution in [-0.2, 0) is 6.54 Å². The summed E-state index contributed by atoms with van der Waals surface area (Å²) in [7, 11) is 0. The van der Waals surface area contributed by atoms with Crippen LogP contribution in [0.1, 0.15) is 61.8 Å². The fraction of sp³-hybridized carbons (Fsp3) is 0.647. The van der Waals surface area contributed by atoms with Crippen LogP contribution in [0.2, 0.25) is 0 Å². The van der Waals surface area contributed by atoms with E-state index in [1.54, 1.807) is 10.9 Å². The second-order valence-electron chi connectivity index (χ2n) is 6.51. The minimum absolute atomic E-state index is 0.0881. The molecule has 0 aromatic carbocycles. The number of nitrogens with zero attached hydrogens (tertiary/aromatic N) is 6. The molecule has 1 aliphatic heterocycles. The topological polar surface area (TPSA) is 68.8 Å². The van der Waals surface area contributed by atoms with Crippen molar-refractivity contribution in [1.29, 1.82) is 0 Å². The molecule has 1 atom stereocenters.